The van der Waals surface area contributed by atoms with E-state index in [0.29, 0.717) is 0 Å². The van der Waals surface area contributed by atoms with Crippen LogP contribution in [0.25, 0.3) is 0 Å². The van der Waals surface area contributed by atoms with Gasteiger partial charge in [0.2, 0.25) is 0 Å². The van der Waals surface area contributed by atoms with Gasteiger partial charge in [0.1, 0.15) is 0 Å². The summed E-state index contributed by atoms with van der Waals surface area (Å²) in [5.41, 5.74) is 6.42. The zero-order chi connectivity index (χ0) is 14.6. The van der Waals surface area contributed by atoms with Crippen LogP contribution in [0.15, 0.2) is 17.5 Å². The molecule has 0 bridgehead atoms. The molecule has 1 heterocycles. The van der Waals surface area contributed by atoms with E-state index in [2.05, 4.69) is 43.3 Å². The van der Waals surface area contributed by atoms with Gasteiger partial charge in [-0.15, -0.1) is 11.3 Å². The van der Waals surface area contributed by atoms with E-state index in [0.717, 1.165) is 31.3 Å². The normalized spacial score (nSPS) is 27.4. The third-order valence-corrected chi connectivity index (χ3v) is 6.30. The van der Waals surface area contributed by atoms with Crippen molar-refractivity contribution < 1.29 is 0 Å². The van der Waals surface area contributed by atoms with Crippen LogP contribution in [0.4, 0.5) is 0 Å². The predicted molar refractivity (Wildman–Crippen MR) is 89.2 cm³/mol. The highest BCUT2D eigenvalue weighted by molar-refractivity contribution is 7.09. The van der Waals surface area contributed by atoms with Crippen LogP contribution < -0.4 is 5.73 Å². The van der Waals surface area contributed by atoms with Crippen LogP contribution in [0.5, 0.6) is 0 Å². The van der Waals surface area contributed by atoms with Crippen LogP contribution in [-0.2, 0) is 6.42 Å². The van der Waals surface area contributed by atoms with Crippen molar-refractivity contribution in [1.82, 2.24) is 4.90 Å². The van der Waals surface area contributed by atoms with E-state index in [1.165, 1.54) is 30.6 Å². The van der Waals surface area contributed by atoms with Crippen molar-refractivity contribution in [3.63, 3.8) is 0 Å². The molecule has 0 atom stereocenters. The summed E-state index contributed by atoms with van der Waals surface area (Å²) < 4.78 is 0. The quantitative estimate of drug-likeness (QED) is 0.865. The maximum Gasteiger partial charge on any atom is 0.0329 e. The lowest BCUT2D eigenvalue weighted by Crippen LogP contribution is -2.54. The molecule has 0 saturated heterocycles. The lowest BCUT2D eigenvalue weighted by molar-refractivity contribution is 0.0565. The summed E-state index contributed by atoms with van der Waals surface area (Å²) in [6.45, 7) is 6.66. The van der Waals surface area contributed by atoms with Crippen molar-refractivity contribution in [1.29, 1.82) is 0 Å². The van der Waals surface area contributed by atoms with Gasteiger partial charge in [-0.25, -0.2) is 0 Å². The number of nitrogens with zero attached hydrogens (tertiary/aromatic N) is 1. The van der Waals surface area contributed by atoms with Crippen molar-refractivity contribution >= 4 is 11.3 Å². The first-order valence-corrected chi connectivity index (χ1v) is 8.89. The molecular weight excluding hydrogens is 264 g/mol. The molecule has 0 aromatic carbocycles. The minimum absolute atomic E-state index is 0.253. The summed E-state index contributed by atoms with van der Waals surface area (Å²) >= 11 is 1.86. The molecule has 114 valence electrons. The summed E-state index contributed by atoms with van der Waals surface area (Å²) in [5.74, 6) is 1.72. The lowest BCUT2D eigenvalue weighted by atomic mass is 9.72. The van der Waals surface area contributed by atoms with Crippen molar-refractivity contribution in [2.24, 2.45) is 17.6 Å². The molecule has 1 aromatic heterocycles. The average molecular weight is 295 g/mol. The number of thiophene rings is 1. The number of rotatable bonds is 6. The molecule has 20 heavy (non-hydrogen) atoms. The molecule has 1 saturated carbocycles. The van der Waals surface area contributed by atoms with Crippen LogP contribution >= 0.6 is 11.3 Å². The Morgan fingerprint density at radius 2 is 2.10 bits per heavy atom. The summed E-state index contributed by atoms with van der Waals surface area (Å²) in [4.78, 5) is 4.03. The fraction of sp³-hybridized carbons (Fsp3) is 0.765. The Hall–Kier alpha value is -0.380. The first-order chi connectivity index (χ1) is 9.57. The van der Waals surface area contributed by atoms with Gasteiger partial charge in [-0.3, -0.25) is 4.90 Å². The second-order valence-electron chi connectivity index (χ2n) is 6.76. The zero-order valence-electron chi connectivity index (χ0n) is 13.3. The van der Waals surface area contributed by atoms with Gasteiger partial charge in [0.05, 0.1) is 0 Å². The summed E-state index contributed by atoms with van der Waals surface area (Å²) in [5, 5.41) is 2.17. The molecule has 2 rings (SSSR count). The smallest absolute Gasteiger partial charge is 0.0329 e. The molecule has 0 radical (unpaired) electrons. The topological polar surface area (TPSA) is 29.3 Å². The van der Waals surface area contributed by atoms with Gasteiger partial charge in [0.25, 0.3) is 0 Å². The Balaban J connectivity index is 1.90. The van der Waals surface area contributed by atoms with E-state index in [1.54, 1.807) is 0 Å². The molecule has 0 amide bonds. The number of hydrogen-bond acceptors (Lipinski definition) is 3. The Morgan fingerprint density at radius 1 is 1.40 bits per heavy atom. The molecule has 2 nitrogen and oxygen atoms in total. The molecule has 1 aliphatic rings. The standard InChI is InChI=1S/C17H30N2S/c1-14(2)15-6-9-17(13-18,10-7-15)19(3)11-8-16-5-4-12-20-16/h4-5,12,14-15H,6-11,13,18H2,1-3H3. The van der Waals surface area contributed by atoms with Crippen molar-refractivity contribution in [2.45, 2.75) is 51.5 Å². The minimum atomic E-state index is 0.253. The van der Waals surface area contributed by atoms with Crippen LogP contribution in [-0.4, -0.2) is 30.6 Å². The van der Waals surface area contributed by atoms with E-state index in [-0.39, 0.29) is 5.54 Å². The van der Waals surface area contributed by atoms with E-state index in [4.69, 9.17) is 5.73 Å². The van der Waals surface area contributed by atoms with Gasteiger partial charge >= 0.3 is 0 Å². The molecule has 0 spiro atoms. The van der Waals surface area contributed by atoms with E-state index in [1.807, 2.05) is 11.3 Å². The third kappa shape index (κ3) is 3.63. The Morgan fingerprint density at radius 3 is 2.60 bits per heavy atom. The fourth-order valence-corrected chi connectivity index (χ4v) is 4.25. The predicted octanol–water partition coefficient (Wildman–Crippen LogP) is 3.77. The highest BCUT2D eigenvalue weighted by atomic mass is 32.1. The van der Waals surface area contributed by atoms with Gasteiger partial charge in [0, 0.05) is 23.5 Å². The highest BCUT2D eigenvalue weighted by Crippen LogP contribution is 2.38. The van der Waals surface area contributed by atoms with Gasteiger partial charge in [-0.2, -0.15) is 0 Å². The van der Waals surface area contributed by atoms with Crippen LogP contribution in [0.3, 0.4) is 0 Å². The van der Waals surface area contributed by atoms with Gasteiger partial charge < -0.3 is 5.73 Å². The molecule has 1 aliphatic carbocycles. The number of nitrogens with two attached hydrogens (primary N) is 1. The Labute approximate surface area is 128 Å². The SMILES string of the molecule is CC(C)C1CCC(CN)(N(C)CCc2cccs2)CC1. The second-order valence-corrected chi connectivity index (χ2v) is 7.79. The molecule has 1 fully saturated rings. The monoisotopic (exact) mass is 294 g/mol. The van der Waals surface area contributed by atoms with Crippen LogP contribution in [0, 0.1) is 11.8 Å². The number of hydrogen-bond donors (Lipinski definition) is 1. The average Bonchev–Trinajstić information content (AvgIpc) is 2.98. The zero-order valence-corrected chi connectivity index (χ0v) is 14.1. The van der Waals surface area contributed by atoms with Gasteiger partial charge in [-0.05, 0) is 62.4 Å². The minimum Gasteiger partial charge on any atom is -0.329 e. The molecule has 0 unspecified atom stereocenters. The maximum absolute atomic E-state index is 6.17. The molecule has 2 N–H and O–H groups in total. The maximum atomic E-state index is 6.17. The molecular formula is C17H30N2S. The fourth-order valence-electron chi connectivity index (χ4n) is 3.56. The largest absolute Gasteiger partial charge is 0.329 e. The van der Waals surface area contributed by atoms with E-state index < -0.39 is 0 Å². The molecule has 1 aromatic rings. The second kappa shape index (κ2) is 7.06. The van der Waals surface area contributed by atoms with Gasteiger partial charge in [-0.1, -0.05) is 19.9 Å². The van der Waals surface area contributed by atoms with Crippen molar-refractivity contribution in [3.8, 4) is 0 Å². The Kier molecular flexibility index (Phi) is 5.65. The van der Waals surface area contributed by atoms with Crippen molar-refractivity contribution in [3.05, 3.63) is 22.4 Å². The highest BCUT2D eigenvalue weighted by Gasteiger charge is 2.37. The third-order valence-electron chi connectivity index (χ3n) is 5.37. The lowest BCUT2D eigenvalue weighted by Gasteiger charge is -2.46. The molecule has 0 aliphatic heterocycles. The van der Waals surface area contributed by atoms with Crippen molar-refractivity contribution in [2.75, 3.05) is 20.1 Å². The van der Waals surface area contributed by atoms with E-state index >= 15 is 0 Å². The van der Waals surface area contributed by atoms with E-state index in [9.17, 15) is 0 Å². The van der Waals surface area contributed by atoms with Crippen LogP contribution in [0.1, 0.15) is 44.4 Å². The summed E-state index contributed by atoms with van der Waals surface area (Å²) in [6, 6.07) is 4.38. The number of likely N-dealkylation sites (N-methyl/N-ethyl adjacent to an activating group) is 1. The van der Waals surface area contributed by atoms with Gasteiger partial charge in [0.15, 0.2) is 0 Å². The first kappa shape index (κ1) is 16.0. The van der Waals surface area contributed by atoms with Crippen LogP contribution in [0.2, 0.25) is 0 Å². The first-order valence-electron chi connectivity index (χ1n) is 8.01. The molecule has 3 heteroatoms. The summed E-state index contributed by atoms with van der Waals surface area (Å²) in [6.07, 6.45) is 6.39. The summed E-state index contributed by atoms with van der Waals surface area (Å²) in [7, 11) is 2.27. The Bertz CT molecular complexity index is 378.